The van der Waals surface area contributed by atoms with Gasteiger partial charge in [0.15, 0.2) is 0 Å². The van der Waals surface area contributed by atoms with Crippen LogP contribution in [0, 0.1) is 0 Å². The van der Waals surface area contributed by atoms with E-state index in [0.29, 0.717) is 0 Å². The number of fused-ring (bicyclic) bond motifs is 5. The van der Waals surface area contributed by atoms with Crippen molar-refractivity contribution in [1.29, 1.82) is 0 Å². The average Bonchev–Trinajstić information content (AvgIpc) is 3.48. The van der Waals surface area contributed by atoms with Gasteiger partial charge in [0, 0.05) is 11.8 Å². The highest BCUT2D eigenvalue weighted by Gasteiger charge is 2.20. The molecule has 0 unspecified atom stereocenters. The molecule has 0 atom stereocenters. The lowest BCUT2D eigenvalue weighted by molar-refractivity contribution is 0.913. The van der Waals surface area contributed by atoms with E-state index in [1.54, 1.807) is 0 Å². The van der Waals surface area contributed by atoms with Gasteiger partial charge in [0.25, 0.3) is 0 Å². The van der Waals surface area contributed by atoms with Crippen molar-refractivity contribution in [1.82, 2.24) is 9.55 Å². The topological polar surface area (TPSA) is 17.8 Å². The number of hydrogen-bond acceptors (Lipinski definition) is 1. The number of benzene rings is 8. The molecule has 0 bridgehead atoms. The summed E-state index contributed by atoms with van der Waals surface area (Å²) in [7, 11) is 0. The molecular formula is C43H30N2. The third kappa shape index (κ3) is 3.92. The summed E-state index contributed by atoms with van der Waals surface area (Å²) < 4.78 is 2.35. The molecule has 0 spiro atoms. The Balaban J connectivity index is 1.37. The average molecular weight is 575 g/mol. The number of aryl methyl sites for hydroxylation is 1. The van der Waals surface area contributed by atoms with E-state index in [4.69, 9.17) is 4.98 Å². The Morgan fingerprint density at radius 3 is 1.78 bits per heavy atom. The van der Waals surface area contributed by atoms with E-state index in [1.165, 1.54) is 71.0 Å². The van der Waals surface area contributed by atoms with Gasteiger partial charge in [-0.2, -0.15) is 0 Å². The molecule has 2 heteroatoms. The van der Waals surface area contributed by atoms with Crippen LogP contribution in [0.25, 0.3) is 82.1 Å². The minimum absolute atomic E-state index is 0.857. The predicted octanol–water partition coefficient (Wildman–Crippen LogP) is 11.5. The number of rotatable bonds is 4. The molecule has 9 aromatic rings. The molecule has 212 valence electrons. The number of nitrogens with zero attached hydrogens (tertiary/aromatic N) is 2. The smallest absolute Gasteiger partial charge is 0.114 e. The zero-order chi connectivity index (χ0) is 29.9. The Hall–Kier alpha value is -5.73. The van der Waals surface area contributed by atoms with Crippen molar-refractivity contribution in [3.8, 4) is 27.9 Å². The van der Waals surface area contributed by atoms with Crippen LogP contribution in [0.1, 0.15) is 12.7 Å². The van der Waals surface area contributed by atoms with Crippen molar-refractivity contribution in [2.24, 2.45) is 0 Å². The molecule has 8 aromatic carbocycles. The Morgan fingerprint density at radius 1 is 0.489 bits per heavy atom. The maximum atomic E-state index is 5.00. The first-order valence-corrected chi connectivity index (χ1v) is 15.7. The standard InChI is InChI=1S/C43H30N2/c1-2-41-44-38-21-11-12-22-40(38)45(41)39-26-25-37(31-15-5-6-16-32(31)39)43-35-19-9-7-17-33(35)42(34-18-8-10-20-36(34)43)30-24-23-28-13-3-4-14-29(28)27-30/h3-27H,2H2,1H3. The summed E-state index contributed by atoms with van der Waals surface area (Å²) in [5, 5.41) is 10.0. The quantitative estimate of drug-likeness (QED) is 0.191. The molecule has 0 aliphatic heterocycles. The van der Waals surface area contributed by atoms with E-state index in [-0.39, 0.29) is 0 Å². The van der Waals surface area contributed by atoms with Crippen molar-refractivity contribution in [2.45, 2.75) is 13.3 Å². The predicted molar refractivity (Wildman–Crippen MR) is 191 cm³/mol. The second-order valence-electron chi connectivity index (χ2n) is 11.8. The molecule has 2 nitrogen and oxygen atoms in total. The number of imidazole rings is 1. The second kappa shape index (κ2) is 10.2. The fourth-order valence-electron chi connectivity index (χ4n) is 7.35. The van der Waals surface area contributed by atoms with E-state index >= 15 is 0 Å². The fraction of sp³-hybridized carbons (Fsp3) is 0.0465. The summed E-state index contributed by atoms with van der Waals surface area (Å²) in [5.41, 5.74) is 8.39. The van der Waals surface area contributed by atoms with Crippen LogP contribution in [0.4, 0.5) is 0 Å². The lowest BCUT2D eigenvalue weighted by atomic mass is 9.84. The van der Waals surface area contributed by atoms with Crippen molar-refractivity contribution in [3.63, 3.8) is 0 Å². The van der Waals surface area contributed by atoms with Gasteiger partial charge in [-0.3, -0.25) is 4.57 Å². The van der Waals surface area contributed by atoms with Crippen molar-refractivity contribution < 1.29 is 0 Å². The molecule has 1 heterocycles. The SMILES string of the molecule is CCc1nc2ccccc2n1-c1ccc(-c2c3ccccc3c(-c3ccc4ccccc4c3)c3ccccc23)c2ccccc12. The molecular weight excluding hydrogens is 544 g/mol. The molecule has 0 aliphatic carbocycles. The van der Waals surface area contributed by atoms with Gasteiger partial charge < -0.3 is 0 Å². The molecule has 0 N–H and O–H groups in total. The normalized spacial score (nSPS) is 11.8. The molecule has 1 aromatic heterocycles. The molecule has 0 saturated heterocycles. The fourth-order valence-corrected chi connectivity index (χ4v) is 7.35. The van der Waals surface area contributed by atoms with Gasteiger partial charge in [0.05, 0.1) is 16.7 Å². The zero-order valence-electron chi connectivity index (χ0n) is 25.0. The summed E-state index contributed by atoms with van der Waals surface area (Å²) in [6.45, 7) is 2.18. The maximum absolute atomic E-state index is 5.00. The third-order valence-corrected chi connectivity index (χ3v) is 9.33. The molecule has 0 fully saturated rings. The van der Waals surface area contributed by atoms with Crippen molar-refractivity contribution in [2.75, 3.05) is 0 Å². The Morgan fingerprint density at radius 2 is 1.07 bits per heavy atom. The van der Waals surface area contributed by atoms with Crippen LogP contribution in [-0.2, 0) is 6.42 Å². The lowest BCUT2D eigenvalue weighted by Gasteiger charge is -2.20. The number of para-hydroxylation sites is 2. The Bertz CT molecular complexity index is 2530. The summed E-state index contributed by atoms with van der Waals surface area (Å²) in [6.07, 6.45) is 0.857. The molecule has 0 amide bonds. The van der Waals surface area contributed by atoms with Gasteiger partial charge in [-0.15, -0.1) is 0 Å². The van der Waals surface area contributed by atoms with E-state index in [9.17, 15) is 0 Å². The first-order chi connectivity index (χ1) is 22.3. The summed E-state index contributed by atoms with van der Waals surface area (Å²) in [5.74, 6) is 1.07. The van der Waals surface area contributed by atoms with Crippen LogP contribution in [-0.4, -0.2) is 9.55 Å². The van der Waals surface area contributed by atoms with Gasteiger partial charge in [-0.05, 0) is 84.2 Å². The van der Waals surface area contributed by atoms with Gasteiger partial charge in [-0.25, -0.2) is 4.98 Å². The lowest BCUT2D eigenvalue weighted by Crippen LogP contribution is -2.01. The molecule has 9 rings (SSSR count). The first-order valence-electron chi connectivity index (χ1n) is 15.7. The number of aromatic nitrogens is 2. The Labute approximate surface area is 261 Å². The van der Waals surface area contributed by atoms with Crippen LogP contribution in [0.15, 0.2) is 152 Å². The third-order valence-electron chi connectivity index (χ3n) is 9.33. The van der Waals surface area contributed by atoms with Crippen molar-refractivity contribution >= 4 is 54.1 Å². The maximum Gasteiger partial charge on any atom is 0.114 e. The summed E-state index contributed by atoms with van der Waals surface area (Å²) in [6, 6.07) is 55.3. The minimum atomic E-state index is 0.857. The van der Waals surface area contributed by atoms with E-state index in [2.05, 4.69) is 163 Å². The molecule has 45 heavy (non-hydrogen) atoms. The highest BCUT2D eigenvalue weighted by Crippen LogP contribution is 2.46. The van der Waals surface area contributed by atoms with Gasteiger partial charge in [0.2, 0.25) is 0 Å². The van der Waals surface area contributed by atoms with Crippen LogP contribution in [0.2, 0.25) is 0 Å². The highest BCUT2D eigenvalue weighted by molar-refractivity contribution is 6.24. The van der Waals surface area contributed by atoms with Gasteiger partial charge >= 0.3 is 0 Å². The summed E-state index contributed by atoms with van der Waals surface area (Å²) in [4.78, 5) is 5.00. The molecule has 0 saturated carbocycles. The number of hydrogen-bond donors (Lipinski definition) is 0. The van der Waals surface area contributed by atoms with E-state index in [1.807, 2.05) is 0 Å². The monoisotopic (exact) mass is 574 g/mol. The van der Waals surface area contributed by atoms with Gasteiger partial charge in [-0.1, -0.05) is 134 Å². The van der Waals surface area contributed by atoms with Crippen LogP contribution in [0.5, 0.6) is 0 Å². The summed E-state index contributed by atoms with van der Waals surface area (Å²) >= 11 is 0. The van der Waals surface area contributed by atoms with Crippen LogP contribution < -0.4 is 0 Å². The second-order valence-corrected chi connectivity index (χ2v) is 11.8. The first kappa shape index (κ1) is 25.7. The van der Waals surface area contributed by atoms with E-state index < -0.39 is 0 Å². The molecule has 0 radical (unpaired) electrons. The molecule has 0 aliphatic rings. The van der Waals surface area contributed by atoms with Crippen LogP contribution in [0.3, 0.4) is 0 Å². The van der Waals surface area contributed by atoms with E-state index in [0.717, 1.165) is 23.3 Å². The van der Waals surface area contributed by atoms with Crippen molar-refractivity contribution in [3.05, 3.63) is 157 Å². The van der Waals surface area contributed by atoms with Gasteiger partial charge in [0.1, 0.15) is 5.82 Å². The largest absolute Gasteiger partial charge is 0.296 e. The Kier molecular flexibility index (Phi) is 5.82. The highest BCUT2D eigenvalue weighted by atomic mass is 15.1. The minimum Gasteiger partial charge on any atom is -0.296 e. The van der Waals surface area contributed by atoms with Crippen LogP contribution >= 0.6 is 0 Å². The zero-order valence-corrected chi connectivity index (χ0v) is 25.0.